The third-order valence-electron chi connectivity index (χ3n) is 5.53. The quantitative estimate of drug-likeness (QED) is 0.666. The van der Waals surface area contributed by atoms with E-state index in [0.717, 1.165) is 28.1 Å². The lowest BCUT2D eigenvalue weighted by Crippen LogP contribution is -2.41. The summed E-state index contributed by atoms with van der Waals surface area (Å²) in [7, 11) is 1.61. The molecule has 0 radical (unpaired) electrons. The maximum atomic E-state index is 6.17. The van der Waals surface area contributed by atoms with Gasteiger partial charge in [0.05, 0.1) is 28.4 Å². The van der Waals surface area contributed by atoms with Gasteiger partial charge in [0.2, 0.25) is 0 Å². The fraction of sp³-hybridized carbons (Fsp3) is 0.400. The Morgan fingerprint density at radius 2 is 1.85 bits per heavy atom. The predicted molar refractivity (Wildman–Crippen MR) is 105 cm³/mol. The van der Waals surface area contributed by atoms with E-state index in [0.29, 0.717) is 6.61 Å². The number of hydrogen-bond donors (Lipinski definition) is 0. The minimum absolute atomic E-state index is 0.359. The first-order valence-electron chi connectivity index (χ1n) is 9.10. The van der Waals surface area contributed by atoms with Crippen LogP contribution in [-0.2, 0) is 23.0 Å². The molecule has 0 unspecified atom stereocenters. The van der Waals surface area contributed by atoms with Gasteiger partial charge in [-0.05, 0) is 57.4 Å². The second kappa shape index (κ2) is 6.35. The number of aromatic nitrogens is 3. The molecule has 0 amide bonds. The Morgan fingerprint density at radius 3 is 2.52 bits per heavy atom. The van der Waals surface area contributed by atoms with E-state index >= 15 is 0 Å². The molecule has 3 aromatic rings. The van der Waals surface area contributed by atoms with Crippen molar-refractivity contribution in [2.24, 2.45) is 7.05 Å². The fourth-order valence-electron chi connectivity index (χ4n) is 3.09. The molecule has 1 saturated heterocycles. The maximum absolute atomic E-state index is 6.17. The number of rotatable bonds is 4. The highest BCUT2D eigenvalue weighted by atomic mass is 16.7. The van der Waals surface area contributed by atoms with E-state index in [2.05, 4.69) is 43.7 Å². The van der Waals surface area contributed by atoms with E-state index in [1.807, 2.05) is 35.9 Å². The van der Waals surface area contributed by atoms with Gasteiger partial charge in [-0.2, -0.15) is 0 Å². The van der Waals surface area contributed by atoms with Crippen molar-refractivity contribution in [3.05, 3.63) is 48.5 Å². The molecule has 2 aromatic heterocycles. The summed E-state index contributed by atoms with van der Waals surface area (Å²) in [4.78, 5) is 8.75. The van der Waals surface area contributed by atoms with Gasteiger partial charge in [0.15, 0.2) is 0 Å². The van der Waals surface area contributed by atoms with E-state index < -0.39 is 0 Å². The van der Waals surface area contributed by atoms with Crippen molar-refractivity contribution >= 4 is 23.6 Å². The molecule has 4 rings (SSSR count). The van der Waals surface area contributed by atoms with Crippen molar-refractivity contribution in [3.8, 4) is 5.75 Å². The minimum Gasteiger partial charge on any atom is -0.484 e. The zero-order valence-electron chi connectivity index (χ0n) is 16.4. The topological polar surface area (TPSA) is 58.4 Å². The fourth-order valence-corrected chi connectivity index (χ4v) is 3.09. The summed E-state index contributed by atoms with van der Waals surface area (Å²) in [6.07, 6.45) is 3.41. The summed E-state index contributed by atoms with van der Waals surface area (Å²) < 4.78 is 20.2. The molecule has 27 heavy (non-hydrogen) atoms. The van der Waals surface area contributed by atoms with E-state index in [4.69, 9.17) is 14.0 Å². The monoisotopic (exact) mass is 365 g/mol. The van der Waals surface area contributed by atoms with Crippen LogP contribution >= 0.6 is 0 Å². The molecular formula is C20H24BN3O3. The number of benzene rings is 1. The minimum atomic E-state index is -0.385. The molecule has 3 heterocycles. The highest BCUT2D eigenvalue weighted by Crippen LogP contribution is 2.36. The molecule has 1 fully saturated rings. The molecule has 1 aromatic carbocycles. The normalized spacial score (nSPS) is 18.2. The van der Waals surface area contributed by atoms with Gasteiger partial charge in [-0.1, -0.05) is 6.07 Å². The number of ether oxygens (including phenoxy) is 1. The van der Waals surface area contributed by atoms with Gasteiger partial charge in [0.1, 0.15) is 18.2 Å². The molecule has 0 aliphatic carbocycles. The van der Waals surface area contributed by atoms with Gasteiger partial charge in [-0.3, -0.25) is 4.98 Å². The van der Waals surface area contributed by atoms with Crippen LogP contribution in [0.4, 0.5) is 0 Å². The highest BCUT2D eigenvalue weighted by Gasteiger charge is 2.51. The molecule has 1 aliphatic rings. The predicted octanol–water partition coefficient (Wildman–Crippen LogP) is 2.85. The number of pyridine rings is 1. The first kappa shape index (κ1) is 18.0. The van der Waals surface area contributed by atoms with Gasteiger partial charge in [-0.25, -0.2) is 4.98 Å². The maximum Gasteiger partial charge on any atom is 0.494 e. The molecule has 0 spiro atoms. The second-order valence-electron chi connectivity index (χ2n) is 7.90. The second-order valence-corrected chi connectivity index (χ2v) is 7.90. The van der Waals surface area contributed by atoms with Crippen LogP contribution in [0.5, 0.6) is 5.75 Å². The van der Waals surface area contributed by atoms with Crippen molar-refractivity contribution < 1.29 is 14.0 Å². The Bertz CT molecular complexity index is 953. The van der Waals surface area contributed by atoms with Crippen LogP contribution in [-0.4, -0.2) is 32.9 Å². The van der Waals surface area contributed by atoms with Crippen molar-refractivity contribution in [2.75, 3.05) is 0 Å². The zero-order valence-corrected chi connectivity index (χ0v) is 16.4. The Kier molecular flexibility index (Phi) is 4.24. The number of hydrogen-bond acceptors (Lipinski definition) is 5. The summed E-state index contributed by atoms with van der Waals surface area (Å²) in [6, 6.07) is 9.83. The van der Waals surface area contributed by atoms with Crippen LogP contribution in [0.3, 0.4) is 0 Å². The standard InChI is InChI=1S/C20H24BN3O3/c1-19(2)20(3,4)27-21(26-19)14-8-9-16-17(11-14)24(5)18(23-16)13-25-15-7-6-10-22-12-15/h6-12H,13H2,1-5H3. The van der Waals surface area contributed by atoms with Gasteiger partial charge in [-0.15, -0.1) is 0 Å². The van der Waals surface area contributed by atoms with E-state index in [1.54, 1.807) is 12.4 Å². The molecule has 0 N–H and O–H groups in total. The Hall–Kier alpha value is -2.38. The highest BCUT2D eigenvalue weighted by molar-refractivity contribution is 6.62. The van der Waals surface area contributed by atoms with Gasteiger partial charge < -0.3 is 18.6 Å². The lowest BCUT2D eigenvalue weighted by molar-refractivity contribution is 0.00578. The Labute approximate surface area is 159 Å². The van der Waals surface area contributed by atoms with Crippen LogP contribution in [0.1, 0.15) is 33.5 Å². The van der Waals surface area contributed by atoms with E-state index in [9.17, 15) is 0 Å². The smallest absolute Gasteiger partial charge is 0.484 e. The molecule has 140 valence electrons. The lowest BCUT2D eigenvalue weighted by Gasteiger charge is -2.32. The van der Waals surface area contributed by atoms with Gasteiger partial charge in [0, 0.05) is 13.2 Å². The van der Waals surface area contributed by atoms with Gasteiger partial charge >= 0.3 is 7.12 Å². The summed E-state index contributed by atoms with van der Waals surface area (Å²) in [5.41, 5.74) is 2.21. The first-order chi connectivity index (χ1) is 12.8. The van der Waals surface area contributed by atoms with Gasteiger partial charge in [0.25, 0.3) is 0 Å². The molecular weight excluding hydrogens is 341 g/mol. The first-order valence-corrected chi connectivity index (χ1v) is 9.10. The Morgan fingerprint density at radius 1 is 1.11 bits per heavy atom. The number of fused-ring (bicyclic) bond motifs is 1. The Balaban J connectivity index is 1.59. The molecule has 7 heteroatoms. The van der Waals surface area contributed by atoms with Crippen molar-refractivity contribution in [2.45, 2.75) is 45.5 Å². The van der Waals surface area contributed by atoms with Crippen LogP contribution in [0, 0.1) is 0 Å². The molecule has 0 saturated carbocycles. The summed E-state index contributed by atoms with van der Waals surface area (Å²) in [6.45, 7) is 8.61. The molecule has 6 nitrogen and oxygen atoms in total. The van der Waals surface area contributed by atoms with Crippen LogP contribution < -0.4 is 10.2 Å². The van der Waals surface area contributed by atoms with Crippen molar-refractivity contribution in [1.82, 2.24) is 14.5 Å². The number of imidazole rings is 1. The third kappa shape index (κ3) is 3.21. The summed E-state index contributed by atoms with van der Waals surface area (Å²) >= 11 is 0. The third-order valence-corrected chi connectivity index (χ3v) is 5.53. The average Bonchev–Trinajstić information content (AvgIpc) is 3.06. The average molecular weight is 365 g/mol. The molecule has 0 bridgehead atoms. The molecule has 1 aliphatic heterocycles. The van der Waals surface area contributed by atoms with Crippen LogP contribution in [0.25, 0.3) is 11.0 Å². The summed E-state index contributed by atoms with van der Waals surface area (Å²) in [5, 5.41) is 0. The van der Waals surface area contributed by atoms with E-state index in [1.165, 1.54) is 0 Å². The SMILES string of the molecule is Cn1c(COc2cccnc2)nc2ccc(B3OC(C)(C)C(C)(C)O3)cc21. The number of aryl methyl sites for hydroxylation is 1. The largest absolute Gasteiger partial charge is 0.494 e. The molecule has 0 atom stereocenters. The zero-order chi connectivity index (χ0) is 19.2. The van der Waals surface area contributed by atoms with Crippen molar-refractivity contribution in [1.29, 1.82) is 0 Å². The summed E-state index contributed by atoms with van der Waals surface area (Å²) in [5.74, 6) is 1.57. The number of nitrogens with zero attached hydrogens (tertiary/aromatic N) is 3. The van der Waals surface area contributed by atoms with Crippen molar-refractivity contribution in [3.63, 3.8) is 0 Å². The van der Waals surface area contributed by atoms with Crippen LogP contribution in [0.2, 0.25) is 0 Å². The van der Waals surface area contributed by atoms with E-state index in [-0.39, 0.29) is 18.3 Å². The lowest BCUT2D eigenvalue weighted by atomic mass is 9.79. The van der Waals surface area contributed by atoms with Crippen LogP contribution in [0.15, 0.2) is 42.7 Å².